The third kappa shape index (κ3) is 3.26. The standard InChI is InChI=1S/C24H32N2O2S2/c1-14(23(28)26-9-4-5-10-26)17-6-8-24(3)12-18-20(15(2)19(24)21(17)27)25-22(30-18)16-7-11-29-13-16/h7,11,13-15,17,19,21,27H,4-6,8-10,12H2,1-3H3/t14-,15+,17-,19+,21-,24+/m0/s1. The lowest BCUT2D eigenvalue weighted by molar-refractivity contribution is -0.143. The third-order valence-electron chi connectivity index (χ3n) is 8.14. The molecular weight excluding hydrogens is 412 g/mol. The number of hydrogen-bond donors (Lipinski definition) is 1. The Morgan fingerprint density at radius 3 is 2.83 bits per heavy atom. The molecule has 5 rings (SSSR count). The highest BCUT2D eigenvalue weighted by Gasteiger charge is 2.54. The number of thiazole rings is 1. The molecule has 6 atom stereocenters. The molecule has 0 radical (unpaired) electrons. The average molecular weight is 445 g/mol. The normalized spacial score (nSPS) is 34.5. The van der Waals surface area contributed by atoms with Crippen molar-refractivity contribution in [1.29, 1.82) is 0 Å². The van der Waals surface area contributed by atoms with Gasteiger partial charge >= 0.3 is 0 Å². The van der Waals surface area contributed by atoms with Crippen LogP contribution < -0.4 is 0 Å². The quantitative estimate of drug-likeness (QED) is 0.709. The fourth-order valence-electron chi connectivity index (χ4n) is 6.46. The Hall–Kier alpha value is -1.24. The van der Waals surface area contributed by atoms with Crippen molar-refractivity contribution in [2.24, 2.45) is 23.2 Å². The molecule has 2 aromatic rings. The van der Waals surface area contributed by atoms with Gasteiger partial charge in [-0.2, -0.15) is 11.3 Å². The summed E-state index contributed by atoms with van der Waals surface area (Å²) >= 11 is 3.54. The Morgan fingerprint density at radius 1 is 1.37 bits per heavy atom. The van der Waals surface area contributed by atoms with Crippen LogP contribution in [0.2, 0.25) is 0 Å². The molecule has 30 heavy (non-hydrogen) atoms. The third-order valence-corrected chi connectivity index (χ3v) is 9.94. The van der Waals surface area contributed by atoms with E-state index in [1.165, 1.54) is 16.1 Å². The number of aliphatic hydroxyl groups is 1. The minimum Gasteiger partial charge on any atom is -0.392 e. The predicted molar refractivity (Wildman–Crippen MR) is 123 cm³/mol. The number of likely N-dealkylation sites (tertiary alicyclic amines) is 1. The monoisotopic (exact) mass is 444 g/mol. The first-order valence-electron chi connectivity index (χ1n) is 11.4. The molecule has 4 nitrogen and oxygen atoms in total. The Balaban J connectivity index is 1.42. The van der Waals surface area contributed by atoms with Crippen LogP contribution in [0, 0.1) is 23.2 Å². The molecule has 3 aliphatic rings. The maximum atomic E-state index is 13.0. The Labute approximate surface area is 187 Å². The Kier molecular flexibility index (Phi) is 5.31. The van der Waals surface area contributed by atoms with E-state index in [0.717, 1.165) is 50.2 Å². The van der Waals surface area contributed by atoms with E-state index in [4.69, 9.17) is 4.98 Å². The number of thiophene rings is 1. The van der Waals surface area contributed by atoms with Crippen molar-refractivity contribution in [3.63, 3.8) is 0 Å². The maximum Gasteiger partial charge on any atom is 0.225 e. The van der Waals surface area contributed by atoms with Gasteiger partial charge in [-0.25, -0.2) is 4.98 Å². The molecule has 1 N–H and O–H groups in total. The zero-order valence-corrected chi connectivity index (χ0v) is 19.8. The Morgan fingerprint density at radius 2 is 2.13 bits per heavy atom. The molecule has 0 bridgehead atoms. The van der Waals surface area contributed by atoms with Gasteiger partial charge in [0.15, 0.2) is 0 Å². The maximum absolute atomic E-state index is 13.0. The lowest BCUT2D eigenvalue weighted by Crippen LogP contribution is -2.53. The van der Waals surface area contributed by atoms with E-state index in [0.29, 0.717) is 0 Å². The summed E-state index contributed by atoms with van der Waals surface area (Å²) in [5, 5.41) is 17.0. The number of fused-ring (bicyclic) bond motifs is 2. The van der Waals surface area contributed by atoms with Gasteiger partial charge in [0, 0.05) is 40.7 Å². The van der Waals surface area contributed by atoms with E-state index in [1.807, 2.05) is 23.2 Å². The topological polar surface area (TPSA) is 53.4 Å². The van der Waals surface area contributed by atoms with Gasteiger partial charge in [-0.15, -0.1) is 11.3 Å². The number of carbonyl (C=O) groups is 1. The number of aliphatic hydroxyl groups excluding tert-OH is 1. The molecule has 0 unspecified atom stereocenters. The first-order chi connectivity index (χ1) is 14.4. The summed E-state index contributed by atoms with van der Waals surface area (Å²) in [6.07, 6.45) is 4.79. The first-order valence-corrected chi connectivity index (χ1v) is 13.1. The van der Waals surface area contributed by atoms with Crippen molar-refractivity contribution in [3.8, 4) is 10.6 Å². The number of carbonyl (C=O) groups excluding carboxylic acids is 1. The van der Waals surface area contributed by atoms with Crippen molar-refractivity contribution in [2.45, 2.75) is 64.9 Å². The summed E-state index contributed by atoms with van der Waals surface area (Å²) in [4.78, 5) is 21.5. The van der Waals surface area contributed by atoms with Crippen molar-refractivity contribution >= 4 is 28.6 Å². The lowest BCUT2D eigenvalue weighted by Gasteiger charge is -2.53. The van der Waals surface area contributed by atoms with Gasteiger partial charge in [0.25, 0.3) is 0 Å². The summed E-state index contributed by atoms with van der Waals surface area (Å²) < 4.78 is 0. The molecule has 2 aliphatic carbocycles. The second kappa shape index (κ2) is 7.72. The van der Waals surface area contributed by atoms with Gasteiger partial charge in [-0.05, 0) is 60.8 Å². The van der Waals surface area contributed by atoms with Crippen LogP contribution in [0.25, 0.3) is 10.6 Å². The summed E-state index contributed by atoms with van der Waals surface area (Å²) in [5.74, 6) is 0.574. The van der Waals surface area contributed by atoms with Crippen molar-refractivity contribution in [1.82, 2.24) is 9.88 Å². The van der Waals surface area contributed by atoms with Gasteiger partial charge < -0.3 is 10.0 Å². The minimum absolute atomic E-state index is 0.0511. The summed E-state index contributed by atoms with van der Waals surface area (Å²) in [6.45, 7) is 8.42. The second-order valence-electron chi connectivity index (χ2n) is 10.00. The molecule has 1 aliphatic heterocycles. The van der Waals surface area contributed by atoms with E-state index >= 15 is 0 Å². The molecule has 0 aromatic carbocycles. The Bertz CT molecular complexity index is 918. The smallest absolute Gasteiger partial charge is 0.225 e. The van der Waals surface area contributed by atoms with Gasteiger partial charge in [0.05, 0.1) is 11.8 Å². The van der Waals surface area contributed by atoms with Crippen LogP contribution in [0.1, 0.15) is 62.9 Å². The van der Waals surface area contributed by atoms with Crippen molar-refractivity contribution in [2.75, 3.05) is 13.1 Å². The zero-order chi connectivity index (χ0) is 21.0. The number of hydrogen-bond acceptors (Lipinski definition) is 5. The summed E-state index contributed by atoms with van der Waals surface area (Å²) in [5.41, 5.74) is 2.47. The van der Waals surface area contributed by atoms with Crippen LogP contribution in [0.5, 0.6) is 0 Å². The average Bonchev–Trinajstić information content (AvgIpc) is 3.46. The highest BCUT2D eigenvalue weighted by atomic mass is 32.1. The molecule has 6 heteroatoms. The molecule has 162 valence electrons. The fourth-order valence-corrected chi connectivity index (χ4v) is 8.54. The SMILES string of the molecule is C[C@H](C(=O)N1CCCC1)[C@@H]1CC[C@]2(C)Cc3sc(-c4ccsc4)nc3[C@H](C)[C@@H]2[C@H]1O. The summed E-state index contributed by atoms with van der Waals surface area (Å²) in [6, 6.07) is 2.14. The van der Waals surface area contributed by atoms with E-state index in [2.05, 4.69) is 30.7 Å². The predicted octanol–water partition coefficient (Wildman–Crippen LogP) is 5.18. The van der Waals surface area contributed by atoms with E-state index in [1.54, 1.807) is 11.3 Å². The molecule has 2 aromatic heterocycles. The van der Waals surface area contributed by atoms with Gasteiger partial charge in [0.1, 0.15) is 5.01 Å². The van der Waals surface area contributed by atoms with Crippen LogP contribution in [0.4, 0.5) is 0 Å². The number of rotatable bonds is 3. The fraction of sp³-hybridized carbons (Fsp3) is 0.667. The van der Waals surface area contributed by atoms with Crippen LogP contribution in [-0.4, -0.2) is 40.1 Å². The van der Waals surface area contributed by atoms with Crippen LogP contribution in [-0.2, 0) is 11.2 Å². The van der Waals surface area contributed by atoms with Gasteiger partial charge in [-0.1, -0.05) is 20.8 Å². The number of nitrogens with zero attached hydrogens (tertiary/aromatic N) is 2. The van der Waals surface area contributed by atoms with Crippen molar-refractivity contribution in [3.05, 3.63) is 27.4 Å². The molecule has 1 saturated heterocycles. The molecule has 3 heterocycles. The summed E-state index contributed by atoms with van der Waals surface area (Å²) in [7, 11) is 0. The zero-order valence-electron chi connectivity index (χ0n) is 18.1. The first kappa shape index (κ1) is 20.7. The van der Waals surface area contributed by atoms with Crippen molar-refractivity contribution < 1.29 is 9.90 Å². The number of aromatic nitrogens is 1. The molecule has 0 spiro atoms. The van der Waals surface area contributed by atoms with E-state index < -0.39 is 6.10 Å². The van der Waals surface area contributed by atoms with Crippen LogP contribution in [0.15, 0.2) is 16.8 Å². The van der Waals surface area contributed by atoms with Crippen LogP contribution >= 0.6 is 22.7 Å². The largest absolute Gasteiger partial charge is 0.392 e. The van der Waals surface area contributed by atoms with E-state index in [9.17, 15) is 9.90 Å². The molecule has 1 amide bonds. The molecule has 1 saturated carbocycles. The molecule has 2 fully saturated rings. The second-order valence-corrected chi connectivity index (χ2v) is 11.9. The molecular formula is C24H32N2O2S2. The number of amides is 1. The lowest BCUT2D eigenvalue weighted by atomic mass is 9.53. The van der Waals surface area contributed by atoms with Gasteiger partial charge in [0.2, 0.25) is 5.91 Å². The minimum atomic E-state index is -0.445. The van der Waals surface area contributed by atoms with Gasteiger partial charge in [-0.3, -0.25) is 4.79 Å². The van der Waals surface area contributed by atoms with Crippen LogP contribution in [0.3, 0.4) is 0 Å². The highest BCUT2D eigenvalue weighted by molar-refractivity contribution is 7.15. The van der Waals surface area contributed by atoms with E-state index in [-0.39, 0.29) is 35.0 Å². The highest BCUT2D eigenvalue weighted by Crippen LogP contribution is 2.57.